The molecule has 21 heavy (non-hydrogen) atoms. The summed E-state index contributed by atoms with van der Waals surface area (Å²) in [6.07, 6.45) is -1.93. The Morgan fingerprint density at radius 1 is 1.43 bits per heavy atom. The maximum Gasteiger partial charge on any atom is 0.451 e. The van der Waals surface area contributed by atoms with Crippen LogP contribution in [0.25, 0.3) is 0 Å². The molecule has 2 heterocycles. The van der Waals surface area contributed by atoms with E-state index in [4.69, 9.17) is 16.3 Å². The SMILES string of the molecule is CCCOC1CCCN(c2cc(Cl)nc(C(F)(F)F)n2)C1. The summed E-state index contributed by atoms with van der Waals surface area (Å²) in [5.74, 6) is -1.01. The molecule has 8 heteroatoms. The Hall–Kier alpha value is -1.08. The summed E-state index contributed by atoms with van der Waals surface area (Å²) in [5.41, 5.74) is 0. The Bertz CT molecular complexity index is 484. The van der Waals surface area contributed by atoms with Crippen molar-refractivity contribution in [1.29, 1.82) is 0 Å². The molecule has 1 saturated heterocycles. The van der Waals surface area contributed by atoms with E-state index >= 15 is 0 Å². The van der Waals surface area contributed by atoms with E-state index in [1.807, 2.05) is 6.92 Å². The van der Waals surface area contributed by atoms with Crippen molar-refractivity contribution in [2.45, 2.75) is 38.5 Å². The van der Waals surface area contributed by atoms with Crippen molar-refractivity contribution in [2.75, 3.05) is 24.6 Å². The summed E-state index contributed by atoms with van der Waals surface area (Å²) in [6.45, 7) is 3.82. The number of aromatic nitrogens is 2. The molecule has 0 bridgehead atoms. The minimum absolute atomic E-state index is 0.0155. The van der Waals surface area contributed by atoms with Crippen LogP contribution < -0.4 is 4.90 Å². The first kappa shape index (κ1) is 16.3. The lowest BCUT2D eigenvalue weighted by Gasteiger charge is -2.33. The quantitative estimate of drug-likeness (QED) is 0.794. The Kier molecular flexibility index (Phi) is 5.27. The minimum Gasteiger partial charge on any atom is -0.376 e. The number of nitrogens with zero attached hydrogens (tertiary/aromatic N) is 3. The van der Waals surface area contributed by atoms with Gasteiger partial charge in [0.2, 0.25) is 5.82 Å². The Labute approximate surface area is 126 Å². The molecule has 4 nitrogen and oxygen atoms in total. The highest BCUT2D eigenvalue weighted by Crippen LogP contribution is 2.30. The monoisotopic (exact) mass is 323 g/mol. The molecule has 0 aliphatic carbocycles. The van der Waals surface area contributed by atoms with Crippen LogP contribution in [0.2, 0.25) is 5.15 Å². The predicted octanol–water partition coefficient (Wildman–Crippen LogP) is 3.54. The van der Waals surface area contributed by atoms with E-state index in [1.165, 1.54) is 6.07 Å². The van der Waals surface area contributed by atoms with Gasteiger partial charge >= 0.3 is 6.18 Å². The lowest BCUT2D eigenvalue weighted by molar-refractivity contribution is -0.144. The number of ether oxygens (including phenoxy) is 1. The fraction of sp³-hybridized carbons (Fsp3) is 0.692. The van der Waals surface area contributed by atoms with Crippen LogP contribution in [0.1, 0.15) is 32.0 Å². The zero-order valence-electron chi connectivity index (χ0n) is 11.7. The van der Waals surface area contributed by atoms with Crippen molar-refractivity contribution in [1.82, 2.24) is 9.97 Å². The second-order valence-corrected chi connectivity index (χ2v) is 5.34. The van der Waals surface area contributed by atoms with Crippen molar-refractivity contribution in [2.24, 2.45) is 0 Å². The molecule has 2 rings (SSSR count). The van der Waals surface area contributed by atoms with Gasteiger partial charge in [-0.1, -0.05) is 18.5 Å². The second kappa shape index (κ2) is 6.79. The van der Waals surface area contributed by atoms with E-state index in [0.717, 1.165) is 19.3 Å². The van der Waals surface area contributed by atoms with E-state index in [-0.39, 0.29) is 17.1 Å². The molecule has 0 aromatic carbocycles. The smallest absolute Gasteiger partial charge is 0.376 e. The van der Waals surface area contributed by atoms with Crippen molar-refractivity contribution < 1.29 is 17.9 Å². The Balaban J connectivity index is 2.15. The highest BCUT2D eigenvalue weighted by atomic mass is 35.5. The van der Waals surface area contributed by atoms with E-state index in [2.05, 4.69) is 9.97 Å². The first-order valence-electron chi connectivity index (χ1n) is 6.88. The molecule has 1 atom stereocenters. The zero-order chi connectivity index (χ0) is 15.5. The van der Waals surface area contributed by atoms with Gasteiger partial charge in [-0.25, -0.2) is 9.97 Å². The third-order valence-corrected chi connectivity index (χ3v) is 3.39. The summed E-state index contributed by atoms with van der Waals surface area (Å²) >= 11 is 5.69. The molecule has 1 aromatic rings. The number of rotatable bonds is 4. The maximum atomic E-state index is 12.7. The first-order chi connectivity index (χ1) is 9.90. The van der Waals surface area contributed by atoms with Crippen LogP contribution in [0.4, 0.5) is 19.0 Å². The number of hydrogen-bond acceptors (Lipinski definition) is 4. The van der Waals surface area contributed by atoms with Crippen LogP contribution in [-0.4, -0.2) is 35.8 Å². The standard InChI is InChI=1S/C13H17ClF3N3O/c1-2-6-21-9-4-3-5-20(8-9)11-7-10(14)18-12(19-11)13(15,16)17/h7,9H,2-6,8H2,1H3. The van der Waals surface area contributed by atoms with Gasteiger partial charge in [0.1, 0.15) is 11.0 Å². The van der Waals surface area contributed by atoms with Crippen LogP contribution >= 0.6 is 11.6 Å². The molecule has 0 N–H and O–H groups in total. The van der Waals surface area contributed by atoms with Crippen molar-refractivity contribution in [3.63, 3.8) is 0 Å². The predicted molar refractivity (Wildman–Crippen MR) is 73.5 cm³/mol. The first-order valence-corrected chi connectivity index (χ1v) is 7.26. The van der Waals surface area contributed by atoms with Crippen LogP contribution in [-0.2, 0) is 10.9 Å². The van der Waals surface area contributed by atoms with E-state index in [0.29, 0.717) is 19.7 Å². The third-order valence-electron chi connectivity index (χ3n) is 3.19. The van der Waals surface area contributed by atoms with Crippen LogP contribution in [0.5, 0.6) is 0 Å². The van der Waals surface area contributed by atoms with Gasteiger partial charge in [0.15, 0.2) is 0 Å². The van der Waals surface area contributed by atoms with Crippen LogP contribution in [0.15, 0.2) is 6.07 Å². The number of anilines is 1. The highest BCUT2D eigenvalue weighted by molar-refractivity contribution is 6.29. The number of alkyl halides is 3. The van der Waals surface area contributed by atoms with E-state index in [1.54, 1.807) is 4.90 Å². The summed E-state index contributed by atoms with van der Waals surface area (Å²) < 4.78 is 43.9. The van der Waals surface area contributed by atoms with Crippen molar-refractivity contribution in [3.8, 4) is 0 Å². The van der Waals surface area contributed by atoms with Gasteiger partial charge in [-0.3, -0.25) is 0 Å². The fourth-order valence-electron chi connectivity index (χ4n) is 2.26. The average Bonchev–Trinajstić information content (AvgIpc) is 2.44. The highest BCUT2D eigenvalue weighted by Gasteiger charge is 2.36. The molecular weight excluding hydrogens is 307 g/mol. The topological polar surface area (TPSA) is 38.2 Å². The fourth-order valence-corrected chi connectivity index (χ4v) is 2.44. The molecule has 1 aromatic heterocycles. The number of halogens is 4. The third kappa shape index (κ3) is 4.44. The molecule has 0 spiro atoms. The van der Waals surface area contributed by atoms with Gasteiger partial charge in [0, 0.05) is 25.8 Å². The molecule has 1 aliphatic heterocycles. The van der Waals surface area contributed by atoms with E-state index in [9.17, 15) is 13.2 Å². The van der Waals surface area contributed by atoms with Crippen molar-refractivity contribution >= 4 is 17.4 Å². The van der Waals surface area contributed by atoms with Crippen LogP contribution in [0.3, 0.4) is 0 Å². The summed E-state index contributed by atoms with van der Waals surface area (Å²) in [5, 5.41) is -0.205. The van der Waals surface area contributed by atoms with Gasteiger partial charge in [-0.15, -0.1) is 0 Å². The molecular formula is C13H17ClF3N3O. The van der Waals surface area contributed by atoms with Crippen molar-refractivity contribution in [3.05, 3.63) is 17.0 Å². The van der Waals surface area contributed by atoms with Gasteiger partial charge < -0.3 is 9.64 Å². The lowest BCUT2D eigenvalue weighted by atomic mass is 10.1. The minimum atomic E-state index is -4.60. The Morgan fingerprint density at radius 3 is 2.86 bits per heavy atom. The number of hydrogen-bond donors (Lipinski definition) is 0. The largest absolute Gasteiger partial charge is 0.451 e. The maximum absolute atomic E-state index is 12.7. The summed E-state index contributed by atoms with van der Waals surface area (Å²) in [4.78, 5) is 8.60. The zero-order valence-corrected chi connectivity index (χ0v) is 12.4. The molecule has 1 fully saturated rings. The average molecular weight is 324 g/mol. The molecule has 1 unspecified atom stereocenters. The second-order valence-electron chi connectivity index (χ2n) is 4.95. The number of piperidine rings is 1. The van der Waals surface area contributed by atoms with E-state index < -0.39 is 12.0 Å². The normalized spacial score (nSPS) is 19.9. The molecule has 0 saturated carbocycles. The molecule has 1 aliphatic rings. The van der Waals surface area contributed by atoms with Gasteiger partial charge in [0.05, 0.1) is 6.10 Å². The van der Waals surface area contributed by atoms with Gasteiger partial charge in [-0.2, -0.15) is 13.2 Å². The lowest BCUT2D eigenvalue weighted by Crippen LogP contribution is -2.40. The van der Waals surface area contributed by atoms with Gasteiger partial charge in [-0.05, 0) is 19.3 Å². The summed E-state index contributed by atoms with van der Waals surface area (Å²) in [7, 11) is 0. The molecule has 0 amide bonds. The Morgan fingerprint density at radius 2 is 2.19 bits per heavy atom. The molecule has 118 valence electrons. The molecule has 0 radical (unpaired) electrons. The van der Waals surface area contributed by atoms with Gasteiger partial charge in [0.25, 0.3) is 0 Å². The summed E-state index contributed by atoms with van der Waals surface area (Å²) in [6, 6.07) is 1.36. The van der Waals surface area contributed by atoms with Crippen LogP contribution in [0, 0.1) is 0 Å².